The van der Waals surface area contributed by atoms with E-state index in [1.165, 1.54) is 0 Å². The highest BCUT2D eigenvalue weighted by atomic mass is 16.5. The first-order valence-electron chi connectivity index (χ1n) is 8.00. The third kappa shape index (κ3) is 3.05. The molecule has 1 heterocycles. The number of fused-ring (bicyclic) bond motifs is 1. The maximum atomic E-state index is 11.5. The Kier molecular flexibility index (Phi) is 4.40. The van der Waals surface area contributed by atoms with Crippen LogP contribution in [0.5, 0.6) is 11.5 Å². The summed E-state index contributed by atoms with van der Waals surface area (Å²) in [7, 11) is 3.20. The molecule has 0 radical (unpaired) electrons. The van der Waals surface area contributed by atoms with Gasteiger partial charge in [0.15, 0.2) is 0 Å². The van der Waals surface area contributed by atoms with Crippen molar-refractivity contribution in [2.75, 3.05) is 14.2 Å². The molecule has 0 aliphatic rings. The Labute approximate surface area is 146 Å². The number of benzene rings is 2. The van der Waals surface area contributed by atoms with Gasteiger partial charge in [0.1, 0.15) is 11.5 Å². The third-order valence-electron chi connectivity index (χ3n) is 4.36. The van der Waals surface area contributed by atoms with E-state index in [1.54, 1.807) is 14.2 Å². The van der Waals surface area contributed by atoms with Gasteiger partial charge in [-0.25, -0.2) is 0 Å². The van der Waals surface area contributed by atoms with Crippen LogP contribution in [0.2, 0.25) is 0 Å². The molecule has 3 aromatic rings. The molecule has 0 fully saturated rings. The smallest absolute Gasteiger partial charge is 0.307 e. The molecule has 25 heavy (non-hydrogen) atoms. The molecule has 0 saturated heterocycles. The van der Waals surface area contributed by atoms with Crippen LogP contribution in [0.3, 0.4) is 0 Å². The van der Waals surface area contributed by atoms with Crippen molar-refractivity contribution in [3.63, 3.8) is 0 Å². The minimum atomic E-state index is -0.872. The number of ether oxygens (including phenoxy) is 2. The number of aryl methyl sites for hydroxylation is 2. The van der Waals surface area contributed by atoms with Gasteiger partial charge in [-0.3, -0.25) is 4.79 Å². The Morgan fingerprint density at radius 1 is 1.12 bits per heavy atom. The summed E-state index contributed by atoms with van der Waals surface area (Å²) < 4.78 is 10.8. The Bertz CT molecular complexity index is 956. The molecular formula is C20H21NO4. The Balaban J connectivity index is 2.36. The van der Waals surface area contributed by atoms with Crippen molar-refractivity contribution in [3.05, 3.63) is 47.0 Å². The molecule has 3 rings (SSSR count). The summed E-state index contributed by atoms with van der Waals surface area (Å²) in [6, 6.07) is 9.60. The largest absolute Gasteiger partial charge is 0.497 e. The Morgan fingerprint density at radius 3 is 2.52 bits per heavy atom. The van der Waals surface area contributed by atoms with Crippen molar-refractivity contribution >= 4 is 16.9 Å². The van der Waals surface area contributed by atoms with Crippen molar-refractivity contribution in [1.82, 2.24) is 4.98 Å². The number of nitrogens with one attached hydrogen (secondary N) is 1. The van der Waals surface area contributed by atoms with Gasteiger partial charge in [-0.2, -0.15) is 0 Å². The molecule has 0 saturated carbocycles. The summed E-state index contributed by atoms with van der Waals surface area (Å²) in [5.41, 5.74) is 5.41. The average molecular weight is 339 g/mol. The first-order valence-corrected chi connectivity index (χ1v) is 8.00. The lowest BCUT2D eigenvalue weighted by Gasteiger charge is -2.11. The fourth-order valence-electron chi connectivity index (χ4n) is 3.28. The van der Waals surface area contributed by atoms with Gasteiger partial charge in [-0.05, 0) is 49.2 Å². The van der Waals surface area contributed by atoms with E-state index in [2.05, 4.69) is 11.1 Å². The lowest BCUT2D eigenvalue weighted by Crippen LogP contribution is -2.01. The molecule has 1 aromatic heterocycles. The molecule has 2 N–H and O–H groups in total. The highest BCUT2D eigenvalue weighted by molar-refractivity contribution is 5.96. The van der Waals surface area contributed by atoms with Gasteiger partial charge in [-0.1, -0.05) is 11.6 Å². The topological polar surface area (TPSA) is 71.5 Å². The van der Waals surface area contributed by atoms with Crippen molar-refractivity contribution in [1.29, 1.82) is 0 Å². The molecule has 5 nitrogen and oxygen atoms in total. The van der Waals surface area contributed by atoms with E-state index in [0.29, 0.717) is 11.5 Å². The summed E-state index contributed by atoms with van der Waals surface area (Å²) in [6.07, 6.45) is -0.0708. The predicted octanol–water partition coefficient (Wildman–Crippen LogP) is 4.10. The molecule has 0 atom stereocenters. The van der Waals surface area contributed by atoms with Gasteiger partial charge < -0.3 is 19.6 Å². The molecule has 0 bridgehead atoms. The second-order valence-corrected chi connectivity index (χ2v) is 6.12. The van der Waals surface area contributed by atoms with Crippen molar-refractivity contribution in [2.24, 2.45) is 0 Å². The van der Waals surface area contributed by atoms with Crippen LogP contribution in [0.4, 0.5) is 0 Å². The molecule has 0 spiro atoms. The summed E-state index contributed by atoms with van der Waals surface area (Å²) in [4.78, 5) is 14.9. The quantitative estimate of drug-likeness (QED) is 0.734. The molecular weight excluding hydrogens is 318 g/mol. The minimum Gasteiger partial charge on any atom is -0.497 e. The van der Waals surface area contributed by atoms with Crippen LogP contribution in [0.1, 0.15) is 16.7 Å². The number of aliphatic carboxylic acids is 1. The number of aromatic amines is 1. The Morgan fingerprint density at radius 2 is 1.88 bits per heavy atom. The number of H-pyrrole nitrogens is 1. The van der Waals surface area contributed by atoms with E-state index < -0.39 is 5.97 Å². The van der Waals surface area contributed by atoms with Crippen LogP contribution in [-0.2, 0) is 11.2 Å². The van der Waals surface area contributed by atoms with Crippen LogP contribution >= 0.6 is 0 Å². The van der Waals surface area contributed by atoms with E-state index in [1.807, 2.05) is 38.1 Å². The van der Waals surface area contributed by atoms with E-state index in [9.17, 15) is 9.90 Å². The zero-order valence-electron chi connectivity index (χ0n) is 14.8. The molecule has 0 unspecified atom stereocenters. The zero-order valence-corrected chi connectivity index (χ0v) is 14.8. The molecule has 0 aliphatic carbocycles. The number of hydrogen-bond acceptors (Lipinski definition) is 3. The second kappa shape index (κ2) is 6.51. The zero-order chi connectivity index (χ0) is 18.1. The number of hydrogen-bond donors (Lipinski definition) is 2. The third-order valence-corrected chi connectivity index (χ3v) is 4.36. The fraction of sp³-hybridized carbons (Fsp3) is 0.250. The van der Waals surface area contributed by atoms with Gasteiger partial charge in [0.05, 0.1) is 26.3 Å². The Hall–Kier alpha value is -2.95. The lowest BCUT2D eigenvalue weighted by molar-refractivity contribution is -0.136. The normalized spacial score (nSPS) is 10.9. The summed E-state index contributed by atoms with van der Waals surface area (Å²) in [5, 5.41) is 10.3. The van der Waals surface area contributed by atoms with Crippen LogP contribution in [0.15, 0.2) is 30.3 Å². The molecule has 2 aromatic carbocycles. The van der Waals surface area contributed by atoms with Crippen LogP contribution in [0.25, 0.3) is 22.2 Å². The highest BCUT2D eigenvalue weighted by Crippen LogP contribution is 2.39. The summed E-state index contributed by atoms with van der Waals surface area (Å²) in [6.45, 7) is 4.03. The number of carboxylic acids is 1. The van der Waals surface area contributed by atoms with Gasteiger partial charge >= 0.3 is 5.97 Å². The summed E-state index contributed by atoms with van der Waals surface area (Å²) >= 11 is 0. The van der Waals surface area contributed by atoms with Gasteiger partial charge in [0, 0.05) is 16.5 Å². The van der Waals surface area contributed by atoms with E-state index in [-0.39, 0.29) is 6.42 Å². The first kappa shape index (κ1) is 16.9. The monoisotopic (exact) mass is 339 g/mol. The van der Waals surface area contributed by atoms with E-state index >= 15 is 0 Å². The van der Waals surface area contributed by atoms with Gasteiger partial charge in [0.2, 0.25) is 0 Å². The fourth-order valence-corrected chi connectivity index (χ4v) is 3.28. The number of aromatic nitrogens is 1. The van der Waals surface area contributed by atoms with Crippen LogP contribution in [-0.4, -0.2) is 30.3 Å². The maximum absolute atomic E-state index is 11.5. The lowest BCUT2D eigenvalue weighted by atomic mass is 9.99. The number of carboxylic acid groups (broad SMARTS) is 1. The molecule has 0 aliphatic heterocycles. The SMILES string of the molecule is COc1ccc(OC)c(-c2[nH]c3c(C)cc(C)cc3c2CC(=O)O)c1. The van der Waals surface area contributed by atoms with Crippen molar-refractivity contribution < 1.29 is 19.4 Å². The van der Waals surface area contributed by atoms with Crippen LogP contribution < -0.4 is 9.47 Å². The molecule has 5 heteroatoms. The molecule has 0 amide bonds. The highest BCUT2D eigenvalue weighted by Gasteiger charge is 2.20. The maximum Gasteiger partial charge on any atom is 0.307 e. The minimum absolute atomic E-state index is 0.0708. The predicted molar refractivity (Wildman–Crippen MR) is 97.7 cm³/mol. The summed E-state index contributed by atoms with van der Waals surface area (Å²) in [5.74, 6) is 0.472. The van der Waals surface area contributed by atoms with Crippen molar-refractivity contribution in [2.45, 2.75) is 20.3 Å². The molecule has 130 valence electrons. The van der Waals surface area contributed by atoms with E-state index in [4.69, 9.17) is 9.47 Å². The standard InChI is InChI=1S/C20H21NO4/c1-11-7-12(2)19-14(8-11)15(10-18(22)23)20(21-19)16-9-13(24-3)5-6-17(16)25-4/h5-9,21H,10H2,1-4H3,(H,22,23). The number of carbonyl (C=O) groups is 1. The van der Waals surface area contributed by atoms with E-state index in [0.717, 1.165) is 38.9 Å². The van der Waals surface area contributed by atoms with Crippen molar-refractivity contribution in [3.8, 4) is 22.8 Å². The first-order chi connectivity index (χ1) is 11.9. The number of methoxy groups -OCH3 is 2. The second-order valence-electron chi connectivity index (χ2n) is 6.12. The van der Waals surface area contributed by atoms with Gasteiger partial charge in [0.25, 0.3) is 0 Å². The van der Waals surface area contributed by atoms with Crippen LogP contribution in [0, 0.1) is 13.8 Å². The van der Waals surface area contributed by atoms with Gasteiger partial charge in [-0.15, -0.1) is 0 Å². The number of rotatable bonds is 5. The average Bonchev–Trinajstić information content (AvgIpc) is 2.92.